The topological polar surface area (TPSA) is 104 Å². The third-order valence-corrected chi connectivity index (χ3v) is 5.15. The number of rotatable bonds is 7. The van der Waals surface area contributed by atoms with Gasteiger partial charge in [0, 0.05) is 31.3 Å². The van der Waals surface area contributed by atoms with Crippen LogP contribution in [-0.4, -0.2) is 45.9 Å². The van der Waals surface area contributed by atoms with Crippen molar-refractivity contribution in [2.24, 2.45) is 0 Å². The number of nitrogens with zero attached hydrogens (tertiary/aromatic N) is 3. The van der Waals surface area contributed by atoms with Gasteiger partial charge < -0.3 is 14.9 Å². The van der Waals surface area contributed by atoms with Crippen LogP contribution in [0.15, 0.2) is 48.5 Å². The molecule has 1 aliphatic heterocycles. The van der Waals surface area contributed by atoms with Crippen molar-refractivity contribution in [3.63, 3.8) is 0 Å². The highest BCUT2D eigenvalue weighted by Gasteiger charge is 2.29. The maximum atomic E-state index is 13.1. The highest BCUT2D eigenvalue weighted by Crippen LogP contribution is 2.32. The quantitative estimate of drug-likeness (QED) is 0.568. The van der Waals surface area contributed by atoms with Crippen molar-refractivity contribution in [3.05, 3.63) is 69.8 Å². The van der Waals surface area contributed by atoms with E-state index in [9.17, 15) is 24.8 Å². The first-order chi connectivity index (χ1) is 13.9. The Labute approximate surface area is 168 Å². The molecule has 0 aromatic heterocycles. The number of benzene rings is 2. The lowest BCUT2D eigenvalue weighted by molar-refractivity contribution is -0.384. The van der Waals surface area contributed by atoms with Gasteiger partial charge in [0.05, 0.1) is 4.92 Å². The monoisotopic (exact) mass is 397 g/mol. The van der Waals surface area contributed by atoms with E-state index in [0.717, 1.165) is 31.5 Å². The van der Waals surface area contributed by atoms with Gasteiger partial charge in [0.15, 0.2) is 0 Å². The predicted molar refractivity (Wildman–Crippen MR) is 108 cm³/mol. The van der Waals surface area contributed by atoms with E-state index < -0.39 is 22.8 Å². The van der Waals surface area contributed by atoms with Gasteiger partial charge in [-0.2, -0.15) is 0 Å². The van der Waals surface area contributed by atoms with Gasteiger partial charge >= 0.3 is 5.97 Å². The highest BCUT2D eigenvalue weighted by atomic mass is 16.6. The molecular formula is C21H23N3O5. The standard InChI is InChI=1S/C21H23N3O5/c1-15(21(26)27)23(14-16-7-3-2-4-8-16)20(25)17-9-10-18(19(13-17)24(28)29)22-11-5-6-12-22/h2-4,7-10,13,15H,5-6,11-12,14H2,1H3,(H,26,27). The Hall–Kier alpha value is -3.42. The second kappa shape index (κ2) is 8.72. The van der Waals surface area contributed by atoms with E-state index in [-0.39, 0.29) is 17.8 Å². The third kappa shape index (κ3) is 4.53. The van der Waals surface area contributed by atoms with E-state index in [1.54, 1.807) is 30.3 Å². The molecule has 1 saturated heterocycles. The summed E-state index contributed by atoms with van der Waals surface area (Å²) in [4.78, 5) is 39.0. The van der Waals surface area contributed by atoms with Crippen molar-refractivity contribution in [3.8, 4) is 0 Å². The molecule has 1 amide bonds. The molecule has 1 atom stereocenters. The fourth-order valence-electron chi connectivity index (χ4n) is 3.49. The number of carbonyl (C=O) groups excluding carboxylic acids is 1. The maximum Gasteiger partial charge on any atom is 0.326 e. The first-order valence-electron chi connectivity index (χ1n) is 9.49. The van der Waals surface area contributed by atoms with E-state index in [0.29, 0.717) is 5.69 Å². The van der Waals surface area contributed by atoms with Crippen LogP contribution in [0.25, 0.3) is 0 Å². The molecule has 1 aliphatic rings. The molecule has 0 spiro atoms. The zero-order valence-corrected chi connectivity index (χ0v) is 16.2. The largest absolute Gasteiger partial charge is 0.480 e. The molecule has 152 valence electrons. The van der Waals surface area contributed by atoms with Gasteiger partial charge in [-0.25, -0.2) is 4.79 Å². The molecule has 1 heterocycles. The molecule has 29 heavy (non-hydrogen) atoms. The number of hydrogen-bond acceptors (Lipinski definition) is 5. The summed E-state index contributed by atoms with van der Waals surface area (Å²) in [7, 11) is 0. The van der Waals surface area contributed by atoms with Gasteiger partial charge in [-0.05, 0) is 37.5 Å². The highest BCUT2D eigenvalue weighted by molar-refractivity contribution is 5.97. The van der Waals surface area contributed by atoms with Crippen molar-refractivity contribution >= 4 is 23.3 Å². The molecule has 0 aliphatic carbocycles. The van der Waals surface area contributed by atoms with E-state index >= 15 is 0 Å². The number of carboxylic acid groups (broad SMARTS) is 1. The van der Waals surface area contributed by atoms with Crippen molar-refractivity contribution in [2.45, 2.75) is 32.4 Å². The maximum absolute atomic E-state index is 13.1. The minimum absolute atomic E-state index is 0.0921. The second-order valence-corrected chi connectivity index (χ2v) is 7.09. The molecular weight excluding hydrogens is 374 g/mol. The molecule has 1 N–H and O–H groups in total. The molecule has 0 radical (unpaired) electrons. The lowest BCUT2D eigenvalue weighted by Crippen LogP contribution is -2.42. The Kier molecular flexibility index (Phi) is 6.11. The van der Waals surface area contributed by atoms with E-state index in [1.807, 2.05) is 11.0 Å². The molecule has 1 fully saturated rings. The smallest absolute Gasteiger partial charge is 0.326 e. The Bertz CT molecular complexity index is 910. The van der Waals surface area contributed by atoms with Crippen LogP contribution in [0.4, 0.5) is 11.4 Å². The van der Waals surface area contributed by atoms with Crippen molar-refractivity contribution in [1.29, 1.82) is 0 Å². The van der Waals surface area contributed by atoms with Crippen LogP contribution in [0, 0.1) is 10.1 Å². The zero-order chi connectivity index (χ0) is 21.0. The molecule has 0 saturated carbocycles. The minimum Gasteiger partial charge on any atom is -0.480 e. The fraction of sp³-hybridized carbons (Fsp3) is 0.333. The average molecular weight is 397 g/mol. The summed E-state index contributed by atoms with van der Waals surface area (Å²) in [5.41, 5.74) is 1.23. The van der Waals surface area contributed by atoms with Gasteiger partial charge in [0.25, 0.3) is 11.6 Å². The molecule has 2 aromatic rings. The van der Waals surface area contributed by atoms with E-state index in [4.69, 9.17) is 0 Å². The normalized spacial score (nSPS) is 14.4. The Morgan fingerprint density at radius 1 is 1.17 bits per heavy atom. The average Bonchev–Trinajstić information content (AvgIpc) is 3.26. The summed E-state index contributed by atoms with van der Waals surface area (Å²) in [6.45, 7) is 3.00. The summed E-state index contributed by atoms with van der Waals surface area (Å²) in [5, 5.41) is 21.1. The third-order valence-electron chi connectivity index (χ3n) is 5.15. The number of amides is 1. The first kappa shape index (κ1) is 20.3. The van der Waals surface area contributed by atoms with Gasteiger partial charge in [-0.3, -0.25) is 14.9 Å². The fourth-order valence-corrected chi connectivity index (χ4v) is 3.49. The van der Waals surface area contributed by atoms with Gasteiger partial charge in [0.2, 0.25) is 0 Å². The van der Waals surface area contributed by atoms with Crippen LogP contribution in [0.3, 0.4) is 0 Å². The van der Waals surface area contributed by atoms with Crippen molar-refractivity contribution in [1.82, 2.24) is 4.90 Å². The summed E-state index contributed by atoms with van der Waals surface area (Å²) in [6.07, 6.45) is 1.94. The molecule has 8 heteroatoms. The first-order valence-corrected chi connectivity index (χ1v) is 9.49. The molecule has 8 nitrogen and oxygen atoms in total. The number of anilines is 1. The summed E-state index contributed by atoms with van der Waals surface area (Å²) in [5.74, 6) is -1.70. The molecule has 2 aromatic carbocycles. The number of nitro benzene ring substituents is 1. The van der Waals surface area contributed by atoms with Crippen molar-refractivity contribution in [2.75, 3.05) is 18.0 Å². The van der Waals surface area contributed by atoms with Crippen LogP contribution in [0.2, 0.25) is 0 Å². The van der Waals surface area contributed by atoms with Crippen molar-refractivity contribution < 1.29 is 19.6 Å². The second-order valence-electron chi connectivity index (χ2n) is 7.09. The van der Waals surface area contributed by atoms with Crippen LogP contribution in [0.5, 0.6) is 0 Å². The van der Waals surface area contributed by atoms with Gasteiger partial charge in [0.1, 0.15) is 11.7 Å². The van der Waals surface area contributed by atoms with Gasteiger partial charge in [-0.1, -0.05) is 30.3 Å². The van der Waals surface area contributed by atoms with E-state index in [1.165, 1.54) is 24.0 Å². The number of carbonyl (C=O) groups is 2. The minimum atomic E-state index is -1.14. The SMILES string of the molecule is CC(C(=O)O)N(Cc1ccccc1)C(=O)c1ccc(N2CCCC2)c([N+](=O)[O-])c1. The number of carboxylic acids is 1. The lowest BCUT2D eigenvalue weighted by atomic mass is 10.1. The number of aliphatic carboxylic acids is 1. The number of nitro groups is 1. The lowest BCUT2D eigenvalue weighted by Gasteiger charge is -2.27. The Morgan fingerprint density at radius 2 is 1.83 bits per heavy atom. The Morgan fingerprint density at radius 3 is 2.41 bits per heavy atom. The van der Waals surface area contributed by atoms with Crippen LogP contribution in [0.1, 0.15) is 35.7 Å². The summed E-state index contributed by atoms with van der Waals surface area (Å²) in [6, 6.07) is 12.3. The number of hydrogen-bond donors (Lipinski definition) is 1. The van der Waals surface area contributed by atoms with Gasteiger partial charge in [-0.15, -0.1) is 0 Å². The van der Waals surface area contributed by atoms with E-state index in [2.05, 4.69) is 0 Å². The van der Waals surface area contributed by atoms with Crippen LogP contribution >= 0.6 is 0 Å². The molecule has 0 bridgehead atoms. The van der Waals surface area contributed by atoms with Crippen LogP contribution < -0.4 is 4.90 Å². The summed E-state index contributed by atoms with van der Waals surface area (Å²) >= 11 is 0. The molecule has 3 rings (SSSR count). The predicted octanol–water partition coefficient (Wildman–Crippen LogP) is 3.31. The van der Waals surface area contributed by atoms with Crippen LogP contribution in [-0.2, 0) is 11.3 Å². The zero-order valence-electron chi connectivity index (χ0n) is 16.2. The molecule has 1 unspecified atom stereocenters. The summed E-state index contributed by atoms with van der Waals surface area (Å²) < 4.78 is 0. The Balaban J connectivity index is 1.95.